The molecular weight excluding hydrogens is 288 g/mol. The number of benzene rings is 1. The van der Waals surface area contributed by atoms with Gasteiger partial charge in [0, 0.05) is 11.0 Å². The van der Waals surface area contributed by atoms with Gasteiger partial charge in [-0.2, -0.15) is 0 Å². The quantitative estimate of drug-likeness (QED) is 0.851. The van der Waals surface area contributed by atoms with E-state index in [1.165, 1.54) is 11.3 Å². The second kappa shape index (κ2) is 5.69. The van der Waals surface area contributed by atoms with E-state index in [-0.39, 0.29) is 5.91 Å². The van der Waals surface area contributed by atoms with Gasteiger partial charge < -0.3 is 15.8 Å². The molecule has 1 heterocycles. The summed E-state index contributed by atoms with van der Waals surface area (Å²) in [7, 11) is 1.57. The van der Waals surface area contributed by atoms with E-state index < -0.39 is 5.41 Å². The Kier molecular flexibility index (Phi) is 4.13. The third kappa shape index (κ3) is 3.49. The molecular formula is C14H18N4O2S. The first-order valence-corrected chi connectivity index (χ1v) is 7.22. The Bertz CT molecular complexity index is 661. The largest absolute Gasteiger partial charge is 0.495 e. The lowest BCUT2D eigenvalue weighted by Crippen LogP contribution is -2.27. The first-order valence-electron chi connectivity index (χ1n) is 6.40. The Balaban J connectivity index is 2.20. The number of carbonyl (C=O) groups is 1. The molecule has 0 unspecified atom stereocenters. The van der Waals surface area contributed by atoms with Gasteiger partial charge in [-0.3, -0.25) is 4.79 Å². The van der Waals surface area contributed by atoms with E-state index in [9.17, 15) is 4.79 Å². The van der Waals surface area contributed by atoms with E-state index in [2.05, 4.69) is 15.5 Å². The number of methoxy groups -OCH3 is 1. The van der Waals surface area contributed by atoms with Crippen molar-refractivity contribution in [2.45, 2.75) is 20.8 Å². The maximum absolute atomic E-state index is 11.9. The fraction of sp³-hybridized carbons (Fsp3) is 0.357. The summed E-state index contributed by atoms with van der Waals surface area (Å²) in [5.41, 5.74) is 6.77. The van der Waals surface area contributed by atoms with Gasteiger partial charge in [-0.25, -0.2) is 0 Å². The molecule has 0 atom stereocenters. The van der Waals surface area contributed by atoms with Gasteiger partial charge in [0.1, 0.15) is 10.8 Å². The number of nitrogens with zero attached hydrogens (tertiary/aromatic N) is 2. The number of aromatic nitrogens is 2. The van der Waals surface area contributed by atoms with Crippen molar-refractivity contribution in [1.29, 1.82) is 0 Å². The molecule has 7 heteroatoms. The van der Waals surface area contributed by atoms with E-state index in [0.29, 0.717) is 21.6 Å². The summed E-state index contributed by atoms with van der Waals surface area (Å²) in [6.45, 7) is 5.53. The van der Waals surface area contributed by atoms with Crippen molar-refractivity contribution >= 4 is 28.1 Å². The fourth-order valence-electron chi connectivity index (χ4n) is 1.54. The zero-order valence-corrected chi connectivity index (χ0v) is 13.2. The summed E-state index contributed by atoms with van der Waals surface area (Å²) in [4.78, 5) is 11.9. The van der Waals surface area contributed by atoms with Crippen LogP contribution in [0.4, 0.5) is 10.8 Å². The number of anilines is 2. The van der Waals surface area contributed by atoms with E-state index in [1.54, 1.807) is 19.2 Å². The van der Waals surface area contributed by atoms with Crippen molar-refractivity contribution in [3.63, 3.8) is 0 Å². The SMILES string of the molecule is COc1ccc(-c2nnc(NC(=O)C(C)(C)C)s2)cc1N. The Morgan fingerprint density at radius 1 is 1.33 bits per heavy atom. The molecule has 2 aromatic rings. The number of amides is 1. The van der Waals surface area contributed by atoms with Crippen molar-refractivity contribution in [3.8, 4) is 16.3 Å². The second-order valence-electron chi connectivity index (χ2n) is 5.57. The highest BCUT2D eigenvalue weighted by Gasteiger charge is 2.22. The van der Waals surface area contributed by atoms with Crippen LogP contribution in [0.15, 0.2) is 18.2 Å². The van der Waals surface area contributed by atoms with E-state index >= 15 is 0 Å². The Morgan fingerprint density at radius 2 is 2.05 bits per heavy atom. The highest BCUT2D eigenvalue weighted by molar-refractivity contribution is 7.18. The molecule has 0 aliphatic rings. The van der Waals surface area contributed by atoms with Crippen LogP contribution in [-0.4, -0.2) is 23.2 Å². The number of rotatable bonds is 3. The zero-order chi connectivity index (χ0) is 15.6. The lowest BCUT2D eigenvalue weighted by atomic mass is 9.96. The topological polar surface area (TPSA) is 90.1 Å². The molecule has 0 aliphatic heterocycles. The van der Waals surface area contributed by atoms with Crippen molar-refractivity contribution in [3.05, 3.63) is 18.2 Å². The lowest BCUT2D eigenvalue weighted by molar-refractivity contribution is -0.123. The molecule has 3 N–H and O–H groups in total. The molecule has 2 rings (SSSR count). The monoisotopic (exact) mass is 306 g/mol. The van der Waals surface area contributed by atoms with E-state index in [1.807, 2.05) is 26.8 Å². The smallest absolute Gasteiger partial charge is 0.231 e. The average molecular weight is 306 g/mol. The number of nitrogen functional groups attached to an aromatic ring is 1. The predicted octanol–water partition coefficient (Wildman–Crippen LogP) is 2.78. The third-order valence-electron chi connectivity index (χ3n) is 2.80. The minimum Gasteiger partial charge on any atom is -0.495 e. The summed E-state index contributed by atoms with van der Waals surface area (Å²) >= 11 is 1.30. The van der Waals surface area contributed by atoms with Crippen LogP contribution in [0.25, 0.3) is 10.6 Å². The number of ether oxygens (including phenoxy) is 1. The molecule has 0 radical (unpaired) electrons. The highest BCUT2D eigenvalue weighted by atomic mass is 32.1. The molecule has 0 spiro atoms. The van der Waals surface area contributed by atoms with E-state index in [4.69, 9.17) is 10.5 Å². The minimum absolute atomic E-state index is 0.0977. The molecule has 0 aliphatic carbocycles. The van der Waals surface area contributed by atoms with Crippen molar-refractivity contribution in [2.24, 2.45) is 5.41 Å². The van der Waals surface area contributed by atoms with Gasteiger partial charge in [-0.05, 0) is 18.2 Å². The van der Waals surface area contributed by atoms with Crippen molar-refractivity contribution in [2.75, 3.05) is 18.2 Å². The Morgan fingerprint density at radius 3 is 2.62 bits per heavy atom. The van der Waals surface area contributed by atoms with Crippen LogP contribution in [0, 0.1) is 5.41 Å². The van der Waals surface area contributed by atoms with Gasteiger partial charge in [-0.1, -0.05) is 32.1 Å². The van der Waals surface area contributed by atoms with Crippen LogP contribution in [0.5, 0.6) is 5.75 Å². The van der Waals surface area contributed by atoms with Gasteiger partial charge in [0.15, 0.2) is 0 Å². The predicted molar refractivity (Wildman–Crippen MR) is 84.4 cm³/mol. The van der Waals surface area contributed by atoms with Crippen LogP contribution in [0.2, 0.25) is 0 Å². The van der Waals surface area contributed by atoms with Crippen LogP contribution in [0.1, 0.15) is 20.8 Å². The number of hydrogen-bond donors (Lipinski definition) is 2. The maximum Gasteiger partial charge on any atom is 0.231 e. The molecule has 1 amide bonds. The molecule has 112 valence electrons. The number of nitrogens with one attached hydrogen (secondary N) is 1. The average Bonchev–Trinajstić information content (AvgIpc) is 2.86. The molecule has 1 aromatic carbocycles. The molecule has 0 fully saturated rings. The molecule has 1 aromatic heterocycles. The van der Waals surface area contributed by atoms with Gasteiger partial charge in [0.2, 0.25) is 11.0 Å². The van der Waals surface area contributed by atoms with Gasteiger partial charge >= 0.3 is 0 Å². The molecule has 0 saturated heterocycles. The lowest BCUT2D eigenvalue weighted by Gasteiger charge is -2.15. The van der Waals surface area contributed by atoms with Crippen LogP contribution in [-0.2, 0) is 4.79 Å². The van der Waals surface area contributed by atoms with Crippen LogP contribution in [0.3, 0.4) is 0 Å². The standard InChI is InChI=1S/C14H18N4O2S/c1-14(2,3)12(19)16-13-18-17-11(21-13)8-5-6-10(20-4)9(15)7-8/h5-7H,15H2,1-4H3,(H,16,18,19). The summed E-state index contributed by atoms with van der Waals surface area (Å²) in [6.07, 6.45) is 0. The van der Waals surface area contributed by atoms with E-state index in [0.717, 1.165) is 5.56 Å². The van der Waals surface area contributed by atoms with Crippen LogP contribution < -0.4 is 15.8 Å². The summed E-state index contributed by atoms with van der Waals surface area (Å²) in [5.74, 6) is 0.518. The highest BCUT2D eigenvalue weighted by Crippen LogP contribution is 2.31. The summed E-state index contributed by atoms with van der Waals surface area (Å²) in [5, 5.41) is 12.0. The zero-order valence-electron chi connectivity index (χ0n) is 12.4. The van der Waals surface area contributed by atoms with Crippen LogP contribution >= 0.6 is 11.3 Å². The third-order valence-corrected chi connectivity index (χ3v) is 3.69. The normalized spacial score (nSPS) is 11.2. The first kappa shape index (κ1) is 15.2. The molecule has 0 saturated carbocycles. The first-order chi connectivity index (χ1) is 9.81. The fourth-order valence-corrected chi connectivity index (χ4v) is 2.28. The Hall–Kier alpha value is -2.15. The minimum atomic E-state index is -0.476. The van der Waals surface area contributed by atoms with Crippen molar-refractivity contribution < 1.29 is 9.53 Å². The molecule has 0 bridgehead atoms. The summed E-state index contributed by atoms with van der Waals surface area (Å²) in [6, 6.07) is 5.40. The number of hydrogen-bond acceptors (Lipinski definition) is 6. The molecule has 21 heavy (non-hydrogen) atoms. The number of nitrogens with two attached hydrogens (primary N) is 1. The summed E-state index contributed by atoms with van der Waals surface area (Å²) < 4.78 is 5.12. The van der Waals surface area contributed by atoms with Gasteiger partial charge in [0.05, 0.1) is 12.8 Å². The van der Waals surface area contributed by atoms with Crippen molar-refractivity contribution in [1.82, 2.24) is 10.2 Å². The van der Waals surface area contributed by atoms with Gasteiger partial charge in [-0.15, -0.1) is 10.2 Å². The molecule has 6 nitrogen and oxygen atoms in total. The van der Waals surface area contributed by atoms with Gasteiger partial charge in [0.25, 0.3) is 0 Å². The number of carbonyl (C=O) groups excluding carboxylic acids is 1. The maximum atomic E-state index is 11.9. The Labute approximate surface area is 127 Å². The second-order valence-corrected chi connectivity index (χ2v) is 6.55.